The highest BCUT2D eigenvalue weighted by molar-refractivity contribution is 7.80. The molecule has 1 heterocycles. The molecule has 170 valence electrons. The molecule has 2 N–H and O–H groups in total. The van der Waals surface area contributed by atoms with E-state index < -0.39 is 11.7 Å². The molecule has 3 rings (SSSR count). The van der Waals surface area contributed by atoms with Crippen LogP contribution in [0.25, 0.3) is 6.08 Å². The van der Waals surface area contributed by atoms with E-state index >= 15 is 0 Å². The Morgan fingerprint density at radius 3 is 2.55 bits per heavy atom. The number of thiocarbonyl (C=S) groups is 1. The predicted octanol–water partition coefficient (Wildman–Crippen LogP) is 4.63. The molecule has 0 spiro atoms. The van der Waals surface area contributed by atoms with E-state index in [2.05, 4.69) is 15.6 Å². The number of allylic oxidation sites excluding steroid dienone is 1. The van der Waals surface area contributed by atoms with Crippen LogP contribution in [0.5, 0.6) is 11.5 Å². The maximum Gasteiger partial charge on any atom is 0.260 e. The summed E-state index contributed by atoms with van der Waals surface area (Å²) in [5.41, 5.74) is 1.14. The Kier molecular flexibility index (Phi) is 7.86. The monoisotopic (exact) mass is 485 g/mol. The minimum absolute atomic E-state index is 0.0585. The highest BCUT2D eigenvalue weighted by Gasteiger charge is 2.16. The van der Waals surface area contributed by atoms with Crippen LogP contribution in [0, 0.1) is 12.7 Å². The maximum absolute atomic E-state index is 13.7. The van der Waals surface area contributed by atoms with E-state index in [1.807, 2.05) is 0 Å². The van der Waals surface area contributed by atoms with Gasteiger partial charge in [-0.25, -0.2) is 9.37 Å². The van der Waals surface area contributed by atoms with Gasteiger partial charge in [0.25, 0.3) is 5.91 Å². The van der Waals surface area contributed by atoms with E-state index in [4.69, 9.17) is 21.7 Å². The van der Waals surface area contributed by atoms with Crippen molar-refractivity contribution in [2.75, 3.05) is 19.5 Å². The molecule has 0 aliphatic rings. The number of ether oxygens (including phenoxy) is 2. The number of thiazole rings is 1. The Hall–Kier alpha value is -3.63. The molecule has 0 bridgehead atoms. The Labute approximate surface area is 199 Å². The number of aryl methyl sites for hydroxylation is 1. The number of nitrogens with one attached hydrogen (secondary N) is 2. The molecule has 3 aromatic rings. The smallest absolute Gasteiger partial charge is 0.260 e. The topological polar surface area (TPSA) is 89.6 Å². The third-order valence-corrected chi connectivity index (χ3v) is 5.71. The van der Waals surface area contributed by atoms with Crippen molar-refractivity contribution in [1.29, 1.82) is 0 Å². The molecule has 10 heteroatoms. The number of anilines is 1. The summed E-state index contributed by atoms with van der Waals surface area (Å²) < 4.78 is 24.2. The number of carbonyl (C=O) groups is 2. The van der Waals surface area contributed by atoms with E-state index in [1.54, 1.807) is 44.4 Å². The Balaban J connectivity index is 1.66. The summed E-state index contributed by atoms with van der Waals surface area (Å²) in [4.78, 5) is 29.5. The van der Waals surface area contributed by atoms with Gasteiger partial charge in [0.05, 0.1) is 30.4 Å². The van der Waals surface area contributed by atoms with Crippen LogP contribution in [0.4, 0.5) is 9.52 Å². The van der Waals surface area contributed by atoms with Gasteiger partial charge in [0, 0.05) is 0 Å². The SMILES string of the molecule is COc1ccc(/C=C/C(=O)c2sc(NC(=S)NC(=O)c3ccccc3F)nc2C)cc1OC. The molecule has 0 fully saturated rings. The number of nitrogens with zero attached hydrogens (tertiary/aromatic N) is 1. The molecule has 0 saturated carbocycles. The fourth-order valence-electron chi connectivity index (χ4n) is 2.83. The van der Waals surface area contributed by atoms with Crippen LogP contribution in [0.2, 0.25) is 0 Å². The second kappa shape index (κ2) is 10.8. The molecule has 0 radical (unpaired) electrons. The molecule has 1 amide bonds. The van der Waals surface area contributed by atoms with Crippen molar-refractivity contribution in [2.45, 2.75) is 6.92 Å². The van der Waals surface area contributed by atoms with Crippen LogP contribution in [-0.2, 0) is 0 Å². The first-order chi connectivity index (χ1) is 15.8. The minimum atomic E-state index is -0.687. The number of carbonyl (C=O) groups excluding carboxylic acids is 2. The van der Waals surface area contributed by atoms with Gasteiger partial charge in [-0.1, -0.05) is 35.6 Å². The zero-order valence-electron chi connectivity index (χ0n) is 18.0. The van der Waals surface area contributed by atoms with Crippen LogP contribution in [0.1, 0.15) is 31.3 Å². The summed E-state index contributed by atoms with van der Waals surface area (Å²) in [6.07, 6.45) is 3.10. The van der Waals surface area contributed by atoms with E-state index in [1.165, 1.54) is 31.4 Å². The van der Waals surface area contributed by atoms with Gasteiger partial charge < -0.3 is 14.8 Å². The summed E-state index contributed by atoms with van der Waals surface area (Å²) in [6.45, 7) is 1.69. The minimum Gasteiger partial charge on any atom is -0.493 e. The summed E-state index contributed by atoms with van der Waals surface area (Å²) in [5.74, 6) is -0.439. The molecule has 7 nitrogen and oxygen atoms in total. The molecule has 0 unspecified atom stereocenters. The second-order valence-corrected chi connectivity index (χ2v) is 8.04. The lowest BCUT2D eigenvalue weighted by Gasteiger charge is -2.07. The molecule has 0 aliphatic heterocycles. The summed E-state index contributed by atoms with van der Waals surface area (Å²) in [5, 5.41) is 5.42. The van der Waals surface area contributed by atoms with Crippen LogP contribution in [-0.4, -0.2) is 36.0 Å². The van der Waals surface area contributed by atoms with Crippen molar-refractivity contribution in [2.24, 2.45) is 0 Å². The molecule has 1 aromatic heterocycles. The van der Waals surface area contributed by atoms with Crippen molar-refractivity contribution >= 4 is 51.6 Å². The van der Waals surface area contributed by atoms with Gasteiger partial charge >= 0.3 is 0 Å². The van der Waals surface area contributed by atoms with E-state index in [0.717, 1.165) is 16.9 Å². The van der Waals surface area contributed by atoms with Gasteiger partial charge in [-0.05, 0) is 55.0 Å². The first kappa shape index (κ1) is 24.0. The largest absolute Gasteiger partial charge is 0.493 e. The molecule has 0 aliphatic carbocycles. The molecular formula is C23H20FN3O4S2. The lowest BCUT2D eigenvalue weighted by molar-refractivity contribution is 0.0973. The number of benzene rings is 2. The van der Waals surface area contributed by atoms with Crippen LogP contribution in [0.3, 0.4) is 0 Å². The summed E-state index contributed by atoms with van der Waals surface area (Å²) >= 11 is 6.20. The van der Waals surface area contributed by atoms with Crippen molar-refractivity contribution in [1.82, 2.24) is 10.3 Å². The quantitative estimate of drug-likeness (QED) is 0.287. The third-order valence-electron chi connectivity index (χ3n) is 4.42. The van der Waals surface area contributed by atoms with Crippen LogP contribution >= 0.6 is 23.6 Å². The van der Waals surface area contributed by atoms with Crippen LogP contribution in [0.15, 0.2) is 48.5 Å². The van der Waals surface area contributed by atoms with E-state index in [9.17, 15) is 14.0 Å². The number of ketones is 1. The van der Waals surface area contributed by atoms with Crippen molar-refractivity contribution in [3.63, 3.8) is 0 Å². The van der Waals surface area contributed by atoms with Crippen LogP contribution < -0.4 is 20.1 Å². The molecule has 0 atom stereocenters. The highest BCUT2D eigenvalue weighted by atomic mass is 32.1. The van der Waals surface area contributed by atoms with Gasteiger partial charge in [-0.3, -0.25) is 14.9 Å². The third kappa shape index (κ3) is 5.99. The van der Waals surface area contributed by atoms with Crippen molar-refractivity contribution in [3.05, 3.63) is 76.1 Å². The van der Waals surface area contributed by atoms with E-state index in [0.29, 0.717) is 27.2 Å². The fraction of sp³-hybridized carbons (Fsp3) is 0.130. The lowest BCUT2D eigenvalue weighted by Crippen LogP contribution is -2.34. The summed E-state index contributed by atoms with van der Waals surface area (Å²) in [6, 6.07) is 10.9. The van der Waals surface area contributed by atoms with Crippen molar-refractivity contribution < 1.29 is 23.5 Å². The second-order valence-electron chi connectivity index (χ2n) is 6.63. The average molecular weight is 486 g/mol. The number of aromatic nitrogens is 1. The fourth-order valence-corrected chi connectivity index (χ4v) is 3.97. The van der Waals surface area contributed by atoms with E-state index in [-0.39, 0.29) is 16.5 Å². The van der Waals surface area contributed by atoms with Gasteiger partial charge in [0.1, 0.15) is 5.82 Å². The maximum atomic E-state index is 13.7. The summed E-state index contributed by atoms with van der Waals surface area (Å²) in [7, 11) is 3.08. The molecular weight excluding hydrogens is 465 g/mol. The van der Waals surface area contributed by atoms with Crippen molar-refractivity contribution in [3.8, 4) is 11.5 Å². The highest BCUT2D eigenvalue weighted by Crippen LogP contribution is 2.28. The number of halogens is 1. The number of methoxy groups -OCH3 is 2. The zero-order valence-corrected chi connectivity index (χ0v) is 19.6. The Bertz CT molecular complexity index is 1240. The number of rotatable bonds is 7. The Morgan fingerprint density at radius 2 is 1.85 bits per heavy atom. The number of hydrogen-bond donors (Lipinski definition) is 2. The molecule has 2 aromatic carbocycles. The standard InChI is InChI=1S/C23H20FN3O4S2/c1-13-20(17(28)10-8-14-9-11-18(30-2)19(12-14)31-3)33-23(25-13)27-22(32)26-21(29)15-6-4-5-7-16(15)24/h4-12H,1-3H3,(H2,25,26,27,29,32)/b10-8+. The lowest BCUT2D eigenvalue weighted by atomic mass is 10.1. The van der Waals surface area contributed by atoms with Gasteiger partial charge in [-0.2, -0.15) is 0 Å². The van der Waals surface area contributed by atoms with Gasteiger partial charge in [-0.15, -0.1) is 0 Å². The normalized spacial score (nSPS) is 10.7. The first-order valence-corrected chi connectivity index (χ1v) is 10.8. The number of amides is 1. The Morgan fingerprint density at radius 1 is 1.12 bits per heavy atom. The zero-order chi connectivity index (χ0) is 24.0. The number of hydrogen-bond acceptors (Lipinski definition) is 7. The first-order valence-electron chi connectivity index (χ1n) is 9.61. The average Bonchev–Trinajstić information content (AvgIpc) is 3.16. The molecule has 33 heavy (non-hydrogen) atoms. The van der Waals surface area contributed by atoms with Gasteiger partial charge in [0.2, 0.25) is 0 Å². The predicted molar refractivity (Wildman–Crippen MR) is 130 cm³/mol. The molecule has 0 saturated heterocycles. The van der Waals surface area contributed by atoms with Gasteiger partial charge in [0.15, 0.2) is 27.5 Å².